The summed E-state index contributed by atoms with van der Waals surface area (Å²) in [5.74, 6) is 0. The zero-order valence-electron chi connectivity index (χ0n) is 14.2. The van der Waals surface area contributed by atoms with E-state index in [-0.39, 0.29) is 24.5 Å². The van der Waals surface area contributed by atoms with Gasteiger partial charge < -0.3 is 14.0 Å². The molecule has 2 aliphatic heterocycles. The highest BCUT2D eigenvalue weighted by Crippen LogP contribution is 2.37. The SMILES string of the molecule is CC1(C)OB(c2cccc3c2cnn3C2CCCO2)OC1(C)C. The Kier molecular flexibility index (Phi) is 3.34. The Morgan fingerprint density at radius 2 is 1.91 bits per heavy atom. The van der Waals surface area contributed by atoms with E-state index in [1.807, 2.05) is 16.9 Å². The van der Waals surface area contributed by atoms with E-state index in [1.54, 1.807) is 0 Å². The molecule has 0 radical (unpaired) electrons. The zero-order chi connectivity index (χ0) is 16.2. The van der Waals surface area contributed by atoms with Gasteiger partial charge in [0.05, 0.1) is 22.9 Å². The maximum Gasteiger partial charge on any atom is 0.495 e. The summed E-state index contributed by atoms with van der Waals surface area (Å²) in [7, 11) is -0.370. The Hall–Kier alpha value is -1.37. The third-order valence-electron chi connectivity index (χ3n) is 5.36. The summed E-state index contributed by atoms with van der Waals surface area (Å²) in [6.07, 6.45) is 4.04. The van der Waals surface area contributed by atoms with Crippen LogP contribution < -0.4 is 5.46 Å². The molecule has 0 bridgehead atoms. The second kappa shape index (κ2) is 5.06. The first-order valence-electron chi connectivity index (χ1n) is 8.32. The first kappa shape index (κ1) is 15.2. The first-order chi connectivity index (χ1) is 10.9. The van der Waals surface area contributed by atoms with Gasteiger partial charge in [0.2, 0.25) is 0 Å². The fourth-order valence-corrected chi connectivity index (χ4v) is 3.25. The topological polar surface area (TPSA) is 45.5 Å². The molecule has 0 aliphatic carbocycles. The molecule has 5 nitrogen and oxygen atoms in total. The number of fused-ring (bicyclic) bond motifs is 1. The van der Waals surface area contributed by atoms with E-state index < -0.39 is 0 Å². The van der Waals surface area contributed by atoms with Gasteiger partial charge in [-0.3, -0.25) is 0 Å². The molecule has 0 saturated carbocycles. The molecule has 6 heteroatoms. The van der Waals surface area contributed by atoms with Gasteiger partial charge in [-0.05, 0) is 52.1 Å². The Morgan fingerprint density at radius 1 is 1.17 bits per heavy atom. The van der Waals surface area contributed by atoms with Crippen LogP contribution in [0.1, 0.15) is 46.8 Å². The van der Waals surface area contributed by atoms with Crippen LogP contribution in [-0.2, 0) is 14.0 Å². The lowest BCUT2D eigenvalue weighted by molar-refractivity contribution is 0.00578. The minimum atomic E-state index is -0.370. The summed E-state index contributed by atoms with van der Waals surface area (Å²) in [4.78, 5) is 0. The van der Waals surface area contributed by atoms with Crippen LogP contribution in [0.5, 0.6) is 0 Å². The van der Waals surface area contributed by atoms with Crippen LogP contribution in [-0.4, -0.2) is 34.7 Å². The van der Waals surface area contributed by atoms with Gasteiger partial charge in [0.25, 0.3) is 0 Å². The maximum atomic E-state index is 6.20. The van der Waals surface area contributed by atoms with Gasteiger partial charge in [0, 0.05) is 12.0 Å². The Bertz CT molecular complexity index is 719. The van der Waals surface area contributed by atoms with Crippen LogP contribution in [0.4, 0.5) is 0 Å². The van der Waals surface area contributed by atoms with Gasteiger partial charge in [0.15, 0.2) is 6.23 Å². The van der Waals surface area contributed by atoms with Gasteiger partial charge in [-0.1, -0.05) is 12.1 Å². The molecule has 1 aromatic carbocycles. The highest BCUT2D eigenvalue weighted by Gasteiger charge is 2.52. The standard InChI is InChI=1S/C17H23BN2O3/c1-16(2)17(3,4)23-18(22-16)13-7-5-8-14-12(13)11-19-20(14)15-9-6-10-21-15/h5,7-8,11,15H,6,9-10H2,1-4H3. The van der Waals surface area contributed by atoms with Crippen molar-refractivity contribution in [2.75, 3.05) is 6.61 Å². The van der Waals surface area contributed by atoms with Crippen molar-refractivity contribution in [3.63, 3.8) is 0 Å². The van der Waals surface area contributed by atoms with Gasteiger partial charge in [-0.25, -0.2) is 4.68 Å². The van der Waals surface area contributed by atoms with Gasteiger partial charge in [0.1, 0.15) is 0 Å². The Balaban J connectivity index is 1.74. The summed E-state index contributed by atoms with van der Waals surface area (Å²) in [5.41, 5.74) is 1.42. The number of ether oxygens (including phenoxy) is 1. The summed E-state index contributed by atoms with van der Waals surface area (Å²) in [6.45, 7) is 9.10. The summed E-state index contributed by atoms with van der Waals surface area (Å²) < 4.78 is 20.2. The fourth-order valence-electron chi connectivity index (χ4n) is 3.25. The highest BCUT2D eigenvalue weighted by atomic mass is 16.7. The number of benzene rings is 1. The molecule has 4 rings (SSSR count). The van der Waals surface area contributed by atoms with Crippen molar-refractivity contribution in [1.29, 1.82) is 0 Å². The number of hydrogen-bond acceptors (Lipinski definition) is 4. The lowest BCUT2D eigenvalue weighted by atomic mass is 9.77. The van der Waals surface area contributed by atoms with Crippen molar-refractivity contribution in [3.8, 4) is 0 Å². The molecule has 2 aromatic rings. The number of aromatic nitrogens is 2. The average molecular weight is 314 g/mol. The molecule has 2 saturated heterocycles. The largest absolute Gasteiger partial charge is 0.495 e. The quantitative estimate of drug-likeness (QED) is 0.800. The van der Waals surface area contributed by atoms with Crippen molar-refractivity contribution in [3.05, 3.63) is 24.4 Å². The fraction of sp³-hybridized carbons (Fsp3) is 0.588. The first-order valence-corrected chi connectivity index (χ1v) is 8.32. The molecule has 2 fully saturated rings. The van der Waals surface area contributed by atoms with Gasteiger partial charge >= 0.3 is 7.12 Å². The minimum Gasteiger partial charge on any atom is -0.399 e. The lowest BCUT2D eigenvalue weighted by Crippen LogP contribution is -2.41. The van der Waals surface area contributed by atoms with Crippen LogP contribution in [0, 0.1) is 0 Å². The predicted octanol–water partition coefficient (Wildman–Crippen LogP) is 2.64. The molecular weight excluding hydrogens is 291 g/mol. The summed E-state index contributed by atoms with van der Waals surface area (Å²) in [5, 5.41) is 5.63. The van der Waals surface area contributed by atoms with E-state index in [0.29, 0.717) is 0 Å². The van der Waals surface area contributed by atoms with Crippen molar-refractivity contribution in [1.82, 2.24) is 9.78 Å². The Morgan fingerprint density at radius 3 is 2.57 bits per heavy atom. The molecule has 0 amide bonds. The third-order valence-corrected chi connectivity index (χ3v) is 5.36. The second-order valence-corrected chi connectivity index (χ2v) is 7.43. The Labute approximate surface area is 137 Å². The van der Waals surface area contributed by atoms with Crippen LogP contribution in [0.2, 0.25) is 0 Å². The molecule has 2 aliphatic rings. The van der Waals surface area contributed by atoms with E-state index in [0.717, 1.165) is 35.8 Å². The van der Waals surface area contributed by atoms with Crippen LogP contribution in [0.25, 0.3) is 10.9 Å². The molecule has 0 N–H and O–H groups in total. The molecule has 1 aromatic heterocycles. The number of hydrogen-bond donors (Lipinski definition) is 0. The van der Waals surface area contributed by atoms with Gasteiger partial charge in [-0.2, -0.15) is 5.10 Å². The van der Waals surface area contributed by atoms with E-state index in [4.69, 9.17) is 14.0 Å². The van der Waals surface area contributed by atoms with Crippen molar-refractivity contribution in [2.24, 2.45) is 0 Å². The highest BCUT2D eigenvalue weighted by molar-refractivity contribution is 6.65. The van der Waals surface area contributed by atoms with Gasteiger partial charge in [-0.15, -0.1) is 0 Å². The predicted molar refractivity (Wildman–Crippen MR) is 89.7 cm³/mol. The van der Waals surface area contributed by atoms with Crippen LogP contribution >= 0.6 is 0 Å². The molecule has 1 unspecified atom stereocenters. The van der Waals surface area contributed by atoms with Crippen molar-refractivity contribution in [2.45, 2.75) is 58.0 Å². The maximum absolute atomic E-state index is 6.20. The summed E-state index contributed by atoms with van der Waals surface area (Å²) >= 11 is 0. The lowest BCUT2D eigenvalue weighted by Gasteiger charge is -2.32. The zero-order valence-corrected chi connectivity index (χ0v) is 14.2. The molecule has 23 heavy (non-hydrogen) atoms. The minimum absolute atomic E-state index is 0.0426. The number of nitrogens with zero attached hydrogens (tertiary/aromatic N) is 2. The van der Waals surface area contributed by atoms with Crippen LogP contribution in [0.15, 0.2) is 24.4 Å². The molecule has 3 heterocycles. The monoisotopic (exact) mass is 314 g/mol. The average Bonchev–Trinajstić information content (AvgIpc) is 3.17. The molecular formula is C17H23BN2O3. The van der Waals surface area contributed by atoms with E-state index in [2.05, 4.69) is 44.9 Å². The number of rotatable bonds is 2. The van der Waals surface area contributed by atoms with E-state index in [1.165, 1.54) is 0 Å². The smallest absolute Gasteiger partial charge is 0.399 e. The normalized spacial score (nSPS) is 26.3. The third kappa shape index (κ3) is 2.32. The molecule has 1 atom stereocenters. The molecule has 0 spiro atoms. The summed E-state index contributed by atoms with van der Waals surface area (Å²) in [6, 6.07) is 6.18. The molecule has 122 valence electrons. The van der Waals surface area contributed by atoms with E-state index >= 15 is 0 Å². The van der Waals surface area contributed by atoms with Crippen molar-refractivity contribution >= 4 is 23.5 Å². The van der Waals surface area contributed by atoms with E-state index in [9.17, 15) is 0 Å². The second-order valence-electron chi connectivity index (χ2n) is 7.43. The van der Waals surface area contributed by atoms with Crippen molar-refractivity contribution < 1.29 is 14.0 Å². The van der Waals surface area contributed by atoms with Crippen LogP contribution in [0.3, 0.4) is 0 Å².